The van der Waals surface area contributed by atoms with Crippen molar-refractivity contribution in [3.63, 3.8) is 0 Å². The number of thiophene rings is 1. The van der Waals surface area contributed by atoms with Crippen molar-refractivity contribution in [3.8, 4) is 11.1 Å². The molecule has 4 aromatic rings. The second-order valence-electron chi connectivity index (χ2n) is 9.33. The lowest BCUT2D eigenvalue weighted by Gasteiger charge is -2.26. The van der Waals surface area contributed by atoms with Gasteiger partial charge in [-0.05, 0) is 58.8 Å². The van der Waals surface area contributed by atoms with E-state index in [1.165, 1.54) is 10.9 Å². The van der Waals surface area contributed by atoms with E-state index in [2.05, 4.69) is 29.4 Å². The highest BCUT2D eigenvalue weighted by molar-refractivity contribution is 7.19. The third-order valence-corrected chi connectivity index (χ3v) is 7.64. The molecule has 3 N–H and O–H groups in total. The average molecular weight is 610 g/mol. The molecule has 0 atom stereocenters. The van der Waals surface area contributed by atoms with Crippen molar-refractivity contribution in [2.75, 3.05) is 18.5 Å². The SMILES string of the molecule is CN1C(=O)CCc2cc(-c3ccc4sc(Cn5cnn(CC(CN)=C(F)F)c5=O)cc4c3)ccc21.O=C(O)C(F)(F)F. The first-order chi connectivity index (χ1) is 19.8. The monoisotopic (exact) mass is 609 g/mol. The van der Waals surface area contributed by atoms with Gasteiger partial charge in [-0.15, -0.1) is 11.3 Å². The molecule has 2 aromatic heterocycles. The Labute approximate surface area is 238 Å². The van der Waals surface area contributed by atoms with Gasteiger partial charge in [-0.25, -0.2) is 14.3 Å². The summed E-state index contributed by atoms with van der Waals surface area (Å²) in [5, 5.41) is 12.1. The maximum atomic E-state index is 12.9. The number of aromatic nitrogens is 3. The Bertz CT molecular complexity index is 1740. The van der Waals surface area contributed by atoms with Crippen LogP contribution in [0.15, 0.2) is 65.2 Å². The summed E-state index contributed by atoms with van der Waals surface area (Å²) in [6, 6.07) is 14.4. The fraction of sp³-hybridized carbons (Fsp3) is 0.259. The Balaban J connectivity index is 0.000000517. The first kappa shape index (κ1) is 30.6. The number of rotatable bonds is 6. The summed E-state index contributed by atoms with van der Waals surface area (Å²) in [5.41, 5.74) is 8.84. The number of hydrogen-bond acceptors (Lipinski definition) is 6. The molecule has 0 radical (unpaired) electrons. The van der Waals surface area contributed by atoms with Crippen LogP contribution in [0.25, 0.3) is 21.2 Å². The van der Waals surface area contributed by atoms with E-state index in [0.29, 0.717) is 13.0 Å². The maximum Gasteiger partial charge on any atom is 0.490 e. The number of carboxylic acid groups (broad SMARTS) is 1. The minimum atomic E-state index is -5.08. The normalized spacial score (nSPS) is 13.0. The lowest BCUT2D eigenvalue weighted by atomic mass is 9.96. The predicted octanol–water partition coefficient (Wildman–Crippen LogP) is 4.63. The molecule has 1 aliphatic rings. The molecule has 3 heterocycles. The van der Waals surface area contributed by atoms with E-state index in [1.807, 2.05) is 18.2 Å². The lowest BCUT2D eigenvalue weighted by Crippen LogP contribution is -2.30. The summed E-state index contributed by atoms with van der Waals surface area (Å²) in [7, 11) is 1.81. The molecule has 0 spiro atoms. The average Bonchev–Trinajstić information content (AvgIpc) is 3.50. The maximum absolute atomic E-state index is 12.9. The molecule has 0 aliphatic carbocycles. The van der Waals surface area contributed by atoms with Crippen LogP contribution in [0, 0.1) is 0 Å². The van der Waals surface area contributed by atoms with E-state index in [9.17, 15) is 31.5 Å². The molecule has 15 heteroatoms. The number of alkyl halides is 3. The van der Waals surface area contributed by atoms with E-state index in [-0.39, 0.29) is 24.6 Å². The van der Waals surface area contributed by atoms with Crippen molar-refractivity contribution in [2.24, 2.45) is 5.73 Å². The van der Waals surface area contributed by atoms with Gasteiger partial charge in [-0.3, -0.25) is 9.36 Å². The number of carboxylic acids is 1. The predicted molar refractivity (Wildman–Crippen MR) is 147 cm³/mol. The Kier molecular flexibility index (Phi) is 8.92. The van der Waals surface area contributed by atoms with Gasteiger partial charge in [0.15, 0.2) is 0 Å². The van der Waals surface area contributed by atoms with E-state index < -0.39 is 23.9 Å². The molecule has 1 aliphatic heterocycles. The minimum Gasteiger partial charge on any atom is -0.475 e. The lowest BCUT2D eigenvalue weighted by molar-refractivity contribution is -0.192. The molecule has 0 unspecified atom stereocenters. The summed E-state index contributed by atoms with van der Waals surface area (Å²) in [6.45, 7) is -0.364. The van der Waals surface area contributed by atoms with Crippen LogP contribution in [0.5, 0.6) is 0 Å². The van der Waals surface area contributed by atoms with E-state index in [1.54, 1.807) is 23.3 Å². The number of halogens is 5. The summed E-state index contributed by atoms with van der Waals surface area (Å²) in [4.78, 5) is 36.1. The first-order valence-electron chi connectivity index (χ1n) is 12.4. The summed E-state index contributed by atoms with van der Waals surface area (Å²) < 4.78 is 61.0. The van der Waals surface area contributed by atoms with Gasteiger partial charge in [-0.2, -0.15) is 27.1 Å². The second kappa shape index (κ2) is 12.2. The van der Waals surface area contributed by atoms with Crippen LogP contribution in [-0.2, 0) is 29.1 Å². The van der Waals surface area contributed by atoms with E-state index >= 15 is 0 Å². The van der Waals surface area contributed by atoms with Gasteiger partial charge in [0.1, 0.15) is 6.33 Å². The summed E-state index contributed by atoms with van der Waals surface area (Å²) >= 11 is 1.57. The van der Waals surface area contributed by atoms with Crippen LogP contribution in [0.1, 0.15) is 16.9 Å². The molecule has 222 valence electrons. The number of aliphatic carboxylic acids is 1. The quantitative estimate of drug-likeness (QED) is 0.308. The van der Waals surface area contributed by atoms with Crippen molar-refractivity contribution in [1.29, 1.82) is 0 Å². The number of carbonyl (C=O) groups excluding carboxylic acids is 1. The van der Waals surface area contributed by atoms with Gasteiger partial charge in [0.05, 0.1) is 13.1 Å². The molecule has 5 rings (SSSR count). The van der Waals surface area contributed by atoms with Crippen molar-refractivity contribution < 1.29 is 36.6 Å². The van der Waals surface area contributed by atoms with Gasteiger partial charge in [0.2, 0.25) is 5.91 Å². The highest BCUT2D eigenvalue weighted by Crippen LogP contribution is 2.34. The van der Waals surface area contributed by atoms with Crippen LogP contribution in [0.4, 0.5) is 27.6 Å². The highest BCUT2D eigenvalue weighted by atomic mass is 32.1. The fourth-order valence-electron chi connectivity index (χ4n) is 4.33. The van der Waals surface area contributed by atoms with Gasteiger partial charge in [-0.1, -0.05) is 12.1 Å². The van der Waals surface area contributed by atoms with Crippen LogP contribution >= 0.6 is 11.3 Å². The minimum absolute atomic E-state index is 0.132. The van der Waals surface area contributed by atoms with E-state index in [4.69, 9.17) is 15.6 Å². The molecule has 2 aromatic carbocycles. The zero-order valence-corrected chi connectivity index (χ0v) is 22.8. The van der Waals surface area contributed by atoms with Crippen LogP contribution in [0.3, 0.4) is 0 Å². The van der Waals surface area contributed by atoms with Gasteiger partial charge in [0, 0.05) is 40.9 Å². The number of carbonyl (C=O) groups is 2. The first-order valence-corrected chi connectivity index (χ1v) is 13.2. The molecular formula is C27H24F5N5O4S. The van der Waals surface area contributed by atoms with E-state index in [0.717, 1.165) is 48.4 Å². The van der Waals surface area contributed by atoms with Crippen LogP contribution in [-0.4, -0.2) is 51.1 Å². The molecule has 0 saturated heterocycles. The van der Waals surface area contributed by atoms with Gasteiger partial charge < -0.3 is 15.7 Å². The number of hydrogen-bond donors (Lipinski definition) is 2. The van der Waals surface area contributed by atoms with Gasteiger partial charge in [0.25, 0.3) is 6.08 Å². The zero-order chi connectivity index (χ0) is 30.8. The molecule has 0 saturated carbocycles. The standard InChI is InChI=1S/C25H23F2N5O2S.C2HF3O2/c1-30-21-5-2-15(8-17(21)4-7-23(30)33)16-3-6-22-18(9-16)10-20(35-22)13-31-14-29-32(25(31)34)12-19(11-28)24(26)27;3-2(4,5)1(6)7/h2-3,5-6,8-10,14H,4,7,11-13,28H2,1H3;(H,6,7). The van der Waals surface area contributed by atoms with Gasteiger partial charge >= 0.3 is 17.8 Å². The number of nitrogens with zero attached hydrogens (tertiary/aromatic N) is 4. The number of anilines is 1. The number of nitrogens with two attached hydrogens (primary N) is 1. The van der Waals surface area contributed by atoms with Crippen molar-refractivity contribution in [2.45, 2.75) is 32.1 Å². The fourth-order valence-corrected chi connectivity index (χ4v) is 5.37. The largest absolute Gasteiger partial charge is 0.490 e. The molecular weight excluding hydrogens is 585 g/mol. The smallest absolute Gasteiger partial charge is 0.475 e. The number of amides is 1. The highest BCUT2D eigenvalue weighted by Gasteiger charge is 2.38. The topological polar surface area (TPSA) is 123 Å². The Morgan fingerprint density at radius 2 is 1.74 bits per heavy atom. The van der Waals surface area contributed by atoms with Crippen LogP contribution in [0.2, 0.25) is 0 Å². The number of fused-ring (bicyclic) bond motifs is 2. The zero-order valence-electron chi connectivity index (χ0n) is 22.0. The molecule has 42 heavy (non-hydrogen) atoms. The third kappa shape index (κ3) is 6.74. The Hall–Kier alpha value is -4.37. The Morgan fingerprint density at radius 3 is 2.38 bits per heavy atom. The molecule has 9 nitrogen and oxygen atoms in total. The van der Waals surface area contributed by atoms with Crippen LogP contribution < -0.4 is 16.3 Å². The molecule has 0 bridgehead atoms. The van der Waals surface area contributed by atoms with Crippen molar-refractivity contribution in [3.05, 3.63) is 81.4 Å². The summed E-state index contributed by atoms with van der Waals surface area (Å²) in [5.74, 6) is -2.62. The number of benzene rings is 2. The van der Waals surface area contributed by atoms with Crippen molar-refractivity contribution >= 4 is 39.0 Å². The second-order valence-corrected chi connectivity index (χ2v) is 10.5. The van der Waals surface area contributed by atoms with Crippen molar-refractivity contribution in [1.82, 2.24) is 14.3 Å². The number of aryl methyl sites for hydroxylation is 1. The third-order valence-electron chi connectivity index (χ3n) is 6.54. The summed E-state index contributed by atoms with van der Waals surface area (Å²) in [6.07, 6.45) is -4.35. The Morgan fingerprint density at radius 1 is 1.07 bits per heavy atom. The molecule has 1 amide bonds. The molecule has 0 fully saturated rings.